The Labute approximate surface area is 114 Å². The molecule has 8 heteroatoms. The highest BCUT2D eigenvalue weighted by Crippen LogP contribution is 2.12. The van der Waals surface area contributed by atoms with Crippen LogP contribution in [0.1, 0.15) is 16.2 Å². The van der Waals surface area contributed by atoms with Crippen LogP contribution in [0.4, 0.5) is 0 Å². The van der Waals surface area contributed by atoms with Gasteiger partial charge in [0.1, 0.15) is 24.8 Å². The van der Waals surface area contributed by atoms with Crippen molar-refractivity contribution in [2.75, 3.05) is 6.61 Å². The molecule has 0 aliphatic heterocycles. The molecule has 1 amide bonds. The monoisotopic (exact) mass is 272 g/mol. The minimum absolute atomic E-state index is 0.127. The minimum Gasteiger partial charge on any atom is -0.492 e. The van der Waals surface area contributed by atoms with E-state index in [9.17, 15) is 4.79 Å². The van der Waals surface area contributed by atoms with E-state index >= 15 is 0 Å². The fourth-order valence-electron chi connectivity index (χ4n) is 1.50. The van der Waals surface area contributed by atoms with Gasteiger partial charge in [-0.05, 0) is 24.3 Å². The van der Waals surface area contributed by atoms with Gasteiger partial charge in [0.25, 0.3) is 11.7 Å². The van der Waals surface area contributed by atoms with Crippen LogP contribution in [0.5, 0.6) is 5.75 Å². The smallest absolute Gasteiger partial charge is 0.265 e. The van der Waals surface area contributed by atoms with Gasteiger partial charge in [0, 0.05) is 5.56 Å². The number of rotatable bonds is 5. The summed E-state index contributed by atoms with van der Waals surface area (Å²) < 4.78 is 7.01. The van der Waals surface area contributed by atoms with E-state index < -0.39 is 0 Å². The highest BCUT2D eigenvalue weighted by atomic mass is 16.5. The van der Waals surface area contributed by atoms with Crippen LogP contribution in [0.15, 0.2) is 30.6 Å². The van der Waals surface area contributed by atoms with Crippen molar-refractivity contribution in [1.29, 1.82) is 5.26 Å². The van der Waals surface area contributed by atoms with Gasteiger partial charge < -0.3 is 4.74 Å². The number of carbonyl (C=O) groups is 1. The zero-order valence-electron chi connectivity index (χ0n) is 10.5. The molecule has 0 saturated carbocycles. The van der Waals surface area contributed by atoms with Crippen LogP contribution in [0, 0.1) is 11.3 Å². The highest BCUT2D eigenvalue weighted by Gasteiger charge is 2.03. The molecule has 0 bridgehead atoms. The van der Waals surface area contributed by atoms with Crippen LogP contribution in [0.2, 0.25) is 0 Å². The van der Waals surface area contributed by atoms with Gasteiger partial charge in [-0.1, -0.05) is 0 Å². The predicted molar refractivity (Wildman–Crippen MR) is 68.3 cm³/mol. The van der Waals surface area contributed by atoms with Crippen molar-refractivity contribution in [3.8, 4) is 11.8 Å². The van der Waals surface area contributed by atoms with E-state index in [0.717, 1.165) is 0 Å². The summed E-state index contributed by atoms with van der Waals surface area (Å²) in [7, 11) is 0. The second-order valence-electron chi connectivity index (χ2n) is 3.79. The van der Waals surface area contributed by atoms with Gasteiger partial charge >= 0.3 is 0 Å². The van der Waals surface area contributed by atoms with Crippen LogP contribution in [0.25, 0.3) is 0 Å². The average Bonchev–Trinajstić information content (AvgIpc) is 2.95. The molecule has 1 aromatic heterocycles. The van der Waals surface area contributed by atoms with Crippen LogP contribution in [-0.4, -0.2) is 27.3 Å². The quantitative estimate of drug-likeness (QED) is 0.443. The molecule has 0 fully saturated rings. The first-order valence-corrected chi connectivity index (χ1v) is 5.76. The van der Waals surface area contributed by atoms with E-state index in [1.165, 1.54) is 11.0 Å². The summed E-state index contributed by atoms with van der Waals surface area (Å²) in [4.78, 5) is 15.0. The number of aromatic nitrogens is 3. The number of nitrogens with zero attached hydrogens (tertiary/aromatic N) is 4. The molecule has 0 aliphatic carbocycles. The molecule has 8 nitrogen and oxygen atoms in total. The number of nitrogen functional groups attached to an aromatic ring is 1. The number of nitrogens with two attached hydrogens (primary N) is 1. The maximum atomic E-state index is 11.2. The Hall–Kier alpha value is -2.92. The van der Waals surface area contributed by atoms with Gasteiger partial charge in [-0.3, -0.25) is 10.2 Å². The average molecular weight is 272 g/mol. The first kappa shape index (κ1) is 13.5. The standard InChI is InChI=1S/C12H12N6O2/c13-7-11-15-8-18(17-11)5-6-20-10-3-1-9(2-4-10)12(19)16-14/h1-4,8H,5-6,14H2,(H,16,19). The Morgan fingerprint density at radius 1 is 1.45 bits per heavy atom. The largest absolute Gasteiger partial charge is 0.492 e. The maximum Gasteiger partial charge on any atom is 0.265 e. The molecule has 0 aliphatic rings. The lowest BCUT2D eigenvalue weighted by atomic mass is 10.2. The number of benzene rings is 1. The van der Waals surface area contributed by atoms with Crippen molar-refractivity contribution < 1.29 is 9.53 Å². The number of ether oxygens (including phenoxy) is 1. The summed E-state index contributed by atoms with van der Waals surface area (Å²) in [5.74, 6) is 5.42. The van der Waals surface area contributed by atoms with E-state index in [2.05, 4.69) is 10.1 Å². The molecular formula is C12H12N6O2. The fourth-order valence-corrected chi connectivity index (χ4v) is 1.50. The third-order valence-corrected chi connectivity index (χ3v) is 2.47. The summed E-state index contributed by atoms with van der Waals surface area (Å²) in [5, 5.41) is 12.5. The van der Waals surface area contributed by atoms with E-state index in [-0.39, 0.29) is 11.7 Å². The summed E-state index contributed by atoms with van der Waals surface area (Å²) in [6.45, 7) is 0.844. The van der Waals surface area contributed by atoms with Crippen molar-refractivity contribution in [1.82, 2.24) is 20.2 Å². The molecule has 1 heterocycles. The second-order valence-corrected chi connectivity index (χ2v) is 3.79. The Morgan fingerprint density at radius 3 is 2.80 bits per heavy atom. The number of carbonyl (C=O) groups excluding carboxylic acids is 1. The number of hydrazine groups is 1. The SMILES string of the molecule is N#Cc1ncn(CCOc2ccc(C(=O)NN)cc2)n1. The predicted octanol–water partition coefficient (Wildman–Crippen LogP) is -0.168. The third kappa shape index (κ3) is 3.30. The van der Waals surface area contributed by atoms with Gasteiger partial charge in [0.2, 0.25) is 0 Å². The van der Waals surface area contributed by atoms with E-state index in [1.807, 2.05) is 11.5 Å². The molecule has 1 aromatic carbocycles. The maximum absolute atomic E-state index is 11.2. The lowest BCUT2D eigenvalue weighted by Gasteiger charge is -2.06. The van der Waals surface area contributed by atoms with E-state index in [0.29, 0.717) is 24.5 Å². The van der Waals surface area contributed by atoms with Crippen molar-refractivity contribution in [2.24, 2.45) is 5.84 Å². The number of amides is 1. The van der Waals surface area contributed by atoms with Crippen LogP contribution in [0.3, 0.4) is 0 Å². The van der Waals surface area contributed by atoms with Crippen molar-refractivity contribution >= 4 is 5.91 Å². The summed E-state index contributed by atoms with van der Waals surface area (Å²) >= 11 is 0. The molecule has 20 heavy (non-hydrogen) atoms. The summed E-state index contributed by atoms with van der Waals surface area (Å²) in [6.07, 6.45) is 1.47. The van der Waals surface area contributed by atoms with Crippen molar-refractivity contribution in [3.05, 3.63) is 42.0 Å². The van der Waals surface area contributed by atoms with Crippen molar-refractivity contribution in [3.63, 3.8) is 0 Å². The molecule has 0 spiro atoms. The molecule has 0 radical (unpaired) electrons. The number of hydrogen-bond acceptors (Lipinski definition) is 6. The summed E-state index contributed by atoms with van der Waals surface area (Å²) in [6, 6.07) is 8.42. The van der Waals surface area contributed by atoms with Gasteiger partial charge in [0.05, 0.1) is 6.54 Å². The molecule has 0 saturated heterocycles. The van der Waals surface area contributed by atoms with Crippen molar-refractivity contribution in [2.45, 2.75) is 6.54 Å². The zero-order chi connectivity index (χ0) is 14.4. The first-order chi connectivity index (χ1) is 9.72. The van der Waals surface area contributed by atoms with E-state index in [1.54, 1.807) is 24.3 Å². The first-order valence-electron chi connectivity index (χ1n) is 5.76. The van der Waals surface area contributed by atoms with Gasteiger partial charge in [-0.2, -0.15) is 5.26 Å². The number of hydrogen-bond donors (Lipinski definition) is 2. The lowest BCUT2D eigenvalue weighted by Crippen LogP contribution is -2.29. The number of nitrogens with one attached hydrogen (secondary N) is 1. The lowest BCUT2D eigenvalue weighted by molar-refractivity contribution is 0.0953. The third-order valence-electron chi connectivity index (χ3n) is 2.47. The van der Waals surface area contributed by atoms with E-state index in [4.69, 9.17) is 15.8 Å². The molecule has 102 valence electrons. The Bertz CT molecular complexity index is 628. The molecular weight excluding hydrogens is 260 g/mol. The summed E-state index contributed by atoms with van der Waals surface area (Å²) in [5.41, 5.74) is 2.50. The Balaban J connectivity index is 1.85. The van der Waals surface area contributed by atoms with Gasteiger partial charge in [-0.25, -0.2) is 15.5 Å². The molecule has 0 atom stereocenters. The molecule has 3 N–H and O–H groups in total. The molecule has 0 unspecified atom stereocenters. The molecule has 2 aromatic rings. The van der Waals surface area contributed by atoms with Crippen LogP contribution in [-0.2, 0) is 6.54 Å². The topological polar surface area (TPSA) is 119 Å². The van der Waals surface area contributed by atoms with Gasteiger partial charge in [-0.15, -0.1) is 5.10 Å². The zero-order valence-corrected chi connectivity index (χ0v) is 10.5. The second kappa shape index (κ2) is 6.31. The normalized spacial score (nSPS) is 9.80. The van der Waals surface area contributed by atoms with Crippen LogP contribution < -0.4 is 16.0 Å². The molecule has 2 rings (SSSR count). The number of nitriles is 1. The van der Waals surface area contributed by atoms with Crippen LogP contribution >= 0.6 is 0 Å². The fraction of sp³-hybridized carbons (Fsp3) is 0.167. The van der Waals surface area contributed by atoms with Gasteiger partial charge in [0.15, 0.2) is 0 Å². The Kier molecular flexibility index (Phi) is 4.26. The Morgan fingerprint density at radius 2 is 2.20 bits per heavy atom. The minimum atomic E-state index is -0.358. The highest BCUT2D eigenvalue weighted by molar-refractivity contribution is 5.93.